The van der Waals surface area contributed by atoms with Gasteiger partial charge in [-0.15, -0.1) is 0 Å². The van der Waals surface area contributed by atoms with Gasteiger partial charge in [-0.3, -0.25) is 4.79 Å². The molecule has 0 aromatic heterocycles. The Morgan fingerprint density at radius 2 is 2.11 bits per heavy atom. The normalized spacial score (nSPS) is 10.4. The molecule has 0 saturated carbocycles. The molecule has 0 unspecified atom stereocenters. The fourth-order valence-electron chi connectivity index (χ4n) is 1.41. The number of benzene rings is 1. The highest BCUT2D eigenvalue weighted by atomic mass is 32.2. The number of thioether (sulfide) groups is 1. The van der Waals surface area contributed by atoms with E-state index in [-0.39, 0.29) is 5.91 Å². The topological polar surface area (TPSA) is 41.1 Å². The average Bonchev–Trinajstić information content (AvgIpc) is 2.31. The summed E-state index contributed by atoms with van der Waals surface area (Å²) >= 11 is 0.498. The zero-order chi connectivity index (χ0) is 13.4. The summed E-state index contributed by atoms with van der Waals surface area (Å²) in [5, 5.41) is 5.67. The van der Waals surface area contributed by atoms with Crippen molar-refractivity contribution in [1.29, 1.82) is 0 Å². The Kier molecular flexibility index (Phi) is 6.49. The van der Waals surface area contributed by atoms with Crippen molar-refractivity contribution in [1.82, 2.24) is 5.32 Å². The van der Waals surface area contributed by atoms with Gasteiger partial charge >= 0.3 is 0 Å². The first kappa shape index (κ1) is 14.8. The molecular weight excluding hydrogens is 258 g/mol. The third kappa shape index (κ3) is 5.35. The number of amides is 1. The Balaban J connectivity index is 2.48. The van der Waals surface area contributed by atoms with Crippen molar-refractivity contribution in [3.05, 3.63) is 24.3 Å². The van der Waals surface area contributed by atoms with Crippen molar-refractivity contribution < 1.29 is 13.6 Å². The Hall–Kier alpha value is -1.30. The van der Waals surface area contributed by atoms with E-state index in [1.807, 2.05) is 6.92 Å². The molecule has 1 aromatic carbocycles. The van der Waals surface area contributed by atoms with Crippen LogP contribution in [0.2, 0.25) is 0 Å². The summed E-state index contributed by atoms with van der Waals surface area (Å²) in [4.78, 5) is 11.7. The molecule has 2 N–H and O–H groups in total. The number of hydrogen-bond donors (Lipinski definition) is 2. The summed E-state index contributed by atoms with van der Waals surface area (Å²) in [7, 11) is 0. The third-order valence-electron chi connectivity index (χ3n) is 2.14. The van der Waals surface area contributed by atoms with E-state index in [4.69, 9.17) is 0 Å². The van der Waals surface area contributed by atoms with Gasteiger partial charge in [-0.1, -0.05) is 23.9 Å². The maximum Gasteiger partial charge on any atom is 0.288 e. The summed E-state index contributed by atoms with van der Waals surface area (Å²) in [6, 6.07) is 6.83. The molecule has 0 radical (unpaired) electrons. The molecule has 0 spiro atoms. The largest absolute Gasteiger partial charge is 0.384 e. The molecule has 0 atom stereocenters. The minimum Gasteiger partial charge on any atom is -0.384 e. The zero-order valence-electron chi connectivity index (χ0n) is 10.1. The monoisotopic (exact) mass is 274 g/mol. The number of carbonyl (C=O) groups is 1. The number of para-hydroxylation sites is 1. The lowest BCUT2D eigenvalue weighted by atomic mass is 10.3. The van der Waals surface area contributed by atoms with Gasteiger partial charge in [-0.05, 0) is 19.1 Å². The van der Waals surface area contributed by atoms with Crippen LogP contribution in [-0.4, -0.2) is 24.8 Å². The molecule has 3 nitrogen and oxygen atoms in total. The van der Waals surface area contributed by atoms with Crippen molar-refractivity contribution in [2.24, 2.45) is 0 Å². The van der Waals surface area contributed by atoms with Crippen LogP contribution in [0.5, 0.6) is 0 Å². The lowest BCUT2D eigenvalue weighted by Gasteiger charge is -2.11. The molecule has 1 rings (SSSR count). The van der Waals surface area contributed by atoms with Crippen LogP contribution in [0.3, 0.4) is 0 Å². The van der Waals surface area contributed by atoms with Crippen LogP contribution in [0.25, 0.3) is 0 Å². The molecule has 0 aliphatic carbocycles. The molecule has 1 aromatic rings. The lowest BCUT2D eigenvalue weighted by Crippen LogP contribution is -2.24. The summed E-state index contributed by atoms with van der Waals surface area (Å²) in [6.07, 6.45) is 0.321. The van der Waals surface area contributed by atoms with Gasteiger partial charge in [-0.25, -0.2) is 0 Å². The smallest absolute Gasteiger partial charge is 0.288 e. The summed E-state index contributed by atoms with van der Waals surface area (Å²) < 4.78 is 24.6. The highest BCUT2D eigenvalue weighted by Gasteiger charge is 2.09. The van der Waals surface area contributed by atoms with Gasteiger partial charge in [0.2, 0.25) is 5.91 Å². The minimum atomic E-state index is -2.45. The van der Waals surface area contributed by atoms with Gasteiger partial charge in [0.05, 0.1) is 0 Å². The van der Waals surface area contributed by atoms with Gasteiger partial charge < -0.3 is 10.6 Å². The molecule has 18 heavy (non-hydrogen) atoms. The van der Waals surface area contributed by atoms with Crippen LogP contribution < -0.4 is 10.6 Å². The number of nitrogens with one attached hydrogen (secondary N) is 2. The quantitative estimate of drug-likeness (QED) is 0.751. The molecule has 0 aliphatic heterocycles. The molecule has 0 fully saturated rings. The fraction of sp³-hybridized carbons (Fsp3) is 0.417. The SMILES string of the molecule is CCNC(=O)CCNc1ccccc1SC(F)F. The second-order valence-electron chi connectivity index (χ2n) is 3.50. The van der Waals surface area contributed by atoms with E-state index in [0.29, 0.717) is 41.9 Å². The number of carbonyl (C=O) groups excluding carboxylic acids is 1. The third-order valence-corrected chi connectivity index (χ3v) is 2.93. The van der Waals surface area contributed by atoms with Crippen LogP contribution >= 0.6 is 11.8 Å². The van der Waals surface area contributed by atoms with E-state index in [0.717, 1.165) is 0 Å². The van der Waals surface area contributed by atoms with Crippen LogP contribution in [0.15, 0.2) is 29.2 Å². The summed E-state index contributed by atoms with van der Waals surface area (Å²) in [6.45, 7) is 2.86. The van der Waals surface area contributed by atoms with E-state index >= 15 is 0 Å². The van der Waals surface area contributed by atoms with Gasteiger partial charge in [0.15, 0.2) is 0 Å². The summed E-state index contributed by atoms with van der Waals surface area (Å²) in [5.74, 6) is -2.50. The lowest BCUT2D eigenvalue weighted by molar-refractivity contribution is -0.120. The van der Waals surface area contributed by atoms with Gasteiger partial charge in [-0.2, -0.15) is 8.78 Å². The Bertz CT molecular complexity index is 388. The van der Waals surface area contributed by atoms with Crippen molar-refractivity contribution in [3.8, 4) is 0 Å². The Morgan fingerprint density at radius 1 is 1.39 bits per heavy atom. The average molecular weight is 274 g/mol. The molecule has 0 aliphatic rings. The van der Waals surface area contributed by atoms with Gasteiger partial charge in [0.1, 0.15) is 0 Å². The van der Waals surface area contributed by atoms with Crippen molar-refractivity contribution in [2.75, 3.05) is 18.4 Å². The molecule has 6 heteroatoms. The maximum absolute atomic E-state index is 12.3. The second kappa shape index (κ2) is 7.92. The molecule has 0 bridgehead atoms. The molecule has 100 valence electrons. The zero-order valence-corrected chi connectivity index (χ0v) is 10.9. The van der Waals surface area contributed by atoms with Crippen molar-refractivity contribution >= 4 is 23.4 Å². The Labute approximate surface area is 109 Å². The molecular formula is C12H16F2N2OS. The number of anilines is 1. The van der Waals surface area contributed by atoms with Crippen molar-refractivity contribution in [2.45, 2.75) is 24.0 Å². The fourth-order valence-corrected chi connectivity index (χ4v) is 2.02. The van der Waals surface area contributed by atoms with Crippen LogP contribution in [0, 0.1) is 0 Å². The molecule has 1 amide bonds. The van der Waals surface area contributed by atoms with E-state index in [2.05, 4.69) is 10.6 Å². The van der Waals surface area contributed by atoms with E-state index in [1.54, 1.807) is 24.3 Å². The number of alkyl halides is 2. The first-order valence-electron chi connectivity index (χ1n) is 5.68. The number of halogens is 2. The second-order valence-corrected chi connectivity index (χ2v) is 4.54. The minimum absolute atomic E-state index is 0.0519. The predicted octanol–water partition coefficient (Wildman–Crippen LogP) is 2.94. The molecule has 0 heterocycles. The van der Waals surface area contributed by atoms with E-state index in [9.17, 15) is 13.6 Å². The first-order chi connectivity index (χ1) is 8.63. The highest BCUT2D eigenvalue weighted by molar-refractivity contribution is 7.99. The highest BCUT2D eigenvalue weighted by Crippen LogP contribution is 2.31. The Morgan fingerprint density at radius 3 is 2.78 bits per heavy atom. The summed E-state index contributed by atoms with van der Waals surface area (Å²) in [5.41, 5.74) is 0.632. The first-order valence-corrected chi connectivity index (χ1v) is 6.56. The van der Waals surface area contributed by atoms with Crippen LogP contribution in [-0.2, 0) is 4.79 Å². The standard InChI is InChI=1S/C12H16F2N2OS/c1-2-15-11(17)7-8-16-9-5-3-4-6-10(9)18-12(13)14/h3-6,12,16H,2,7-8H2,1H3,(H,15,17). The maximum atomic E-state index is 12.3. The van der Waals surface area contributed by atoms with Gasteiger partial charge in [0.25, 0.3) is 5.76 Å². The van der Waals surface area contributed by atoms with Crippen molar-refractivity contribution in [3.63, 3.8) is 0 Å². The number of hydrogen-bond acceptors (Lipinski definition) is 3. The van der Waals surface area contributed by atoms with Crippen LogP contribution in [0.4, 0.5) is 14.5 Å². The van der Waals surface area contributed by atoms with E-state index < -0.39 is 5.76 Å². The number of rotatable bonds is 7. The van der Waals surface area contributed by atoms with Crippen LogP contribution in [0.1, 0.15) is 13.3 Å². The van der Waals surface area contributed by atoms with Gasteiger partial charge in [0, 0.05) is 30.1 Å². The van der Waals surface area contributed by atoms with E-state index in [1.165, 1.54) is 0 Å². The molecule has 0 saturated heterocycles. The predicted molar refractivity (Wildman–Crippen MR) is 70.1 cm³/mol.